The number of hydrogen-bond donors (Lipinski definition) is 0. The standard InChI is InChI=1S/C17H19FO/c1-3-14(15-7-5-4-6-8-15)12-19-17-11-13(2)9-10-16(17)18/h4-11,14H,3,12H2,1-2H3. The monoisotopic (exact) mass is 258 g/mol. The second-order valence-electron chi connectivity index (χ2n) is 4.76. The predicted molar refractivity (Wildman–Crippen MR) is 76.1 cm³/mol. The largest absolute Gasteiger partial charge is 0.490 e. The predicted octanol–water partition coefficient (Wildman–Crippen LogP) is 4.71. The molecule has 2 heteroatoms. The van der Waals surface area contributed by atoms with Crippen LogP contribution in [0, 0.1) is 12.7 Å². The normalized spacial score (nSPS) is 12.2. The van der Waals surface area contributed by atoms with Crippen LogP contribution in [0.15, 0.2) is 48.5 Å². The molecule has 1 atom stereocenters. The fourth-order valence-electron chi connectivity index (χ4n) is 2.09. The van der Waals surface area contributed by atoms with Crippen LogP contribution in [0.3, 0.4) is 0 Å². The number of halogens is 1. The first-order chi connectivity index (χ1) is 9.20. The quantitative estimate of drug-likeness (QED) is 0.755. The zero-order valence-electron chi connectivity index (χ0n) is 11.4. The van der Waals surface area contributed by atoms with E-state index in [1.165, 1.54) is 11.6 Å². The van der Waals surface area contributed by atoms with E-state index in [9.17, 15) is 4.39 Å². The van der Waals surface area contributed by atoms with Crippen molar-refractivity contribution in [2.45, 2.75) is 26.2 Å². The summed E-state index contributed by atoms with van der Waals surface area (Å²) in [5, 5.41) is 0. The van der Waals surface area contributed by atoms with Gasteiger partial charge in [0.05, 0.1) is 6.61 Å². The number of aryl methyl sites for hydroxylation is 1. The van der Waals surface area contributed by atoms with Gasteiger partial charge in [-0.05, 0) is 36.6 Å². The van der Waals surface area contributed by atoms with E-state index >= 15 is 0 Å². The highest BCUT2D eigenvalue weighted by atomic mass is 19.1. The second kappa shape index (κ2) is 6.37. The summed E-state index contributed by atoms with van der Waals surface area (Å²) in [5.41, 5.74) is 2.24. The van der Waals surface area contributed by atoms with Crippen LogP contribution >= 0.6 is 0 Å². The molecule has 1 nitrogen and oxygen atoms in total. The molecule has 0 fully saturated rings. The lowest BCUT2D eigenvalue weighted by atomic mass is 9.97. The summed E-state index contributed by atoms with van der Waals surface area (Å²) in [5.74, 6) is 0.337. The molecule has 2 rings (SSSR count). The fraction of sp³-hybridized carbons (Fsp3) is 0.294. The first-order valence-corrected chi connectivity index (χ1v) is 6.64. The number of rotatable bonds is 5. The average molecular weight is 258 g/mol. The Morgan fingerprint density at radius 3 is 2.53 bits per heavy atom. The van der Waals surface area contributed by atoms with E-state index in [0.29, 0.717) is 18.3 Å². The topological polar surface area (TPSA) is 9.23 Å². The van der Waals surface area contributed by atoms with Gasteiger partial charge in [-0.2, -0.15) is 0 Å². The molecule has 0 aliphatic rings. The summed E-state index contributed by atoms with van der Waals surface area (Å²) < 4.78 is 19.3. The van der Waals surface area contributed by atoms with Crippen molar-refractivity contribution in [3.63, 3.8) is 0 Å². The molecule has 100 valence electrons. The Kier molecular flexibility index (Phi) is 4.56. The Morgan fingerprint density at radius 2 is 1.84 bits per heavy atom. The maximum atomic E-state index is 13.6. The van der Waals surface area contributed by atoms with Gasteiger partial charge in [-0.15, -0.1) is 0 Å². The number of benzene rings is 2. The molecule has 1 unspecified atom stereocenters. The van der Waals surface area contributed by atoms with Crippen molar-refractivity contribution in [3.8, 4) is 5.75 Å². The molecular weight excluding hydrogens is 239 g/mol. The minimum Gasteiger partial charge on any atom is -0.490 e. The zero-order chi connectivity index (χ0) is 13.7. The summed E-state index contributed by atoms with van der Waals surface area (Å²) in [4.78, 5) is 0. The molecule has 0 saturated heterocycles. The van der Waals surface area contributed by atoms with Crippen molar-refractivity contribution >= 4 is 0 Å². The molecule has 0 aliphatic carbocycles. The zero-order valence-corrected chi connectivity index (χ0v) is 11.4. The SMILES string of the molecule is CCC(COc1cc(C)ccc1F)c1ccccc1. The highest BCUT2D eigenvalue weighted by molar-refractivity contribution is 5.29. The molecule has 19 heavy (non-hydrogen) atoms. The van der Waals surface area contributed by atoms with E-state index in [1.807, 2.05) is 25.1 Å². The van der Waals surface area contributed by atoms with E-state index < -0.39 is 0 Å². The average Bonchev–Trinajstić information content (AvgIpc) is 2.44. The Hall–Kier alpha value is -1.83. The number of ether oxygens (including phenoxy) is 1. The Morgan fingerprint density at radius 1 is 1.11 bits per heavy atom. The van der Waals surface area contributed by atoms with E-state index in [-0.39, 0.29) is 5.82 Å². The lowest BCUT2D eigenvalue weighted by molar-refractivity contribution is 0.272. The van der Waals surface area contributed by atoms with Gasteiger partial charge >= 0.3 is 0 Å². The molecule has 2 aromatic carbocycles. The van der Waals surface area contributed by atoms with Crippen molar-refractivity contribution in [1.29, 1.82) is 0 Å². The van der Waals surface area contributed by atoms with E-state index in [4.69, 9.17) is 4.74 Å². The summed E-state index contributed by atoms with van der Waals surface area (Å²) in [7, 11) is 0. The smallest absolute Gasteiger partial charge is 0.165 e. The molecular formula is C17H19FO. The van der Waals surface area contributed by atoms with Crippen molar-refractivity contribution in [3.05, 3.63) is 65.5 Å². The van der Waals surface area contributed by atoms with Crippen molar-refractivity contribution in [2.75, 3.05) is 6.61 Å². The van der Waals surface area contributed by atoms with Crippen LogP contribution in [0.5, 0.6) is 5.75 Å². The first-order valence-electron chi connectivity index (χ1n) is 6.64. The summed E-state index contributed by atoms with van der Waals surface area (Å²) in [6, 6.07) is 15.2. The highest BCUT2D eigenvalue weighted by Crippen LogP contribution is 2.23. The van der Waals surface area contributed by atoms with E-state index in [1.54, 1.807) is 12.1 Å². The minimum atomic E-state index is -0.298. The lowest BCUT2D eigenvalue weighted by Gasteiger charge is -2.17. The van der Waals surface area contributed by atoms with Crippen molar-refractivity contribution in [2.24, 2.45) is 0 Å². The summed E-state index contributed by atoms with van der Waals surface area (Å²) >= 11 is 0. The van der Waals surface area contributed by atoms with Gasteiger partial charge in [0.15, 0.2) is 11.6 Å². The molecule has 0 bridgehead atoms. The lowest BCUT2D eigenvalue weighted by Crippen LogP contribution is -2.10. The molecule has 0 amide bonds. The van der Waals surface area contributed by atoms with Gasteiger partial charge < -0.3 is 4.74 Å². The fourth-order valence-corrected chi connectivity index (χ4v) is 2.09. The van der Waals surface area contributed by atoms with Gasteiger partial charge in [0.25, 0.3) is 0 Å². The van der Waals surface area contributed by atoms with Gasteiger partial charge in [0, 0.05) is 5.92 Å². The highest BCUT2D eigenvalue weighted by Gasteiger charge is 2.11. The molecule has 0 aliphatic heterocycles. The Labute approximate surface area is 114 Å². The van der Waals surface area contributed by atoms with Crippen LogP contribution in [0.1, 0.15) is 30.4 Å². The van der Waals surface area contributed by atoms with Crippen LogP contribution in [-0.4, -0.2) is 6.61 Å². The maximum absolute atomic E-state index is 13.6. The van der Waals surface area contributed by atoms with Crippen LogP contribution in [-0.2, 0) is 0 Å². The summed E-state index contributed by atoms with van der Waals surface area (Å²) in [6.07, 6.45) is 0.970. The summed E-state index contributed by atoms with van der Waals surface area (Å²) in [6.45, 7) is 4.55. The third-order valence-corrected chi connectivity index (χ3v) is 3.29. The molecule has 0 aromatic heterocycles. The third kappa shape index (κ3) is 3.57. The van der Waals surface area contributed by atoms with Gasteiger partial charge in [0.1, 0.15) is 0 Å². The van der Waals surface area contributed by atoms with Gasteiger partial charge in [-0.25, -0.2) is 4.39 Å². The van der Waals surface area contributed by atoms with Crippen LogP contribution in [0.25, 0.3) is 0 Å². The number of hydrogen-bond acceptors (Lipinski definition) is 1. The molecule has 0 radical (unpaired) electrons. The Bertz CT molecular complexity index is 522. The van der Waals surface area contributed by atoms with Crippen LogP contribution in [0.4, 0.5) is 4.39 Å². The van der Waals surface area contributed by atoms with Crippen molar-refractivity contribution < 1.29 is 9.13 Å². The Balaban J connectivity index is 2.06. The van der Waals surface area contributed by atoms with Gasteiger partial charge in [-0.3, -0.25) is 0 Å². The van der Waals surface area contributed by atoms with Crippen molar-refractivity contribution in [1.82, 2.24) is 0 Å². The first kappa shape index (κ1) is 13.6. The van der Waals surface area contributed by atoms with Gasteiger partial charge in [0.2, 0.25) is 0 Å². The third-order valence-electron chi connectivity index (χ3n) is 3.29. The minimum absolute atomic E-state index is 0.293. The second-order valence-corrected chi connectivity index (χ2v) is 4.76. The van der Waals surface area contributed by atoms with Gasteiger partial charge in [-0.1, -0.05) is 43.3 Å². The maximum Gasteiger partial charge on any atom is 0.165 e. The molecule has 0 saturated carbocycles. The van der Waals surface area contributed by atoms with Crippen LogP contribution in [0.2, 0.25) is 0 Å². The molecule has 0 heterocycles. The van der Waals surface area contributed by atoms with E-state index in [2.05, 4.69) is 19.1 Å². The molecule has 0 N–H and O–H groups in total. The van der Waals surface area contributed by atoms with Crippen LogP contribution < -0.4 is 4.74 Å². The molecule has 0 spiro atoms. The molecule has 2 aromatic rings. The van der Waals surface area contributed by atoms with E-state index in [0.717, 1.165) is 12.0 Å².